The summed E-state index contributed by atoms with van der Waals surface area (Å²) in [4.78, 5) is 13.2. The second kappa shape index (κ2) is 5.22. The molecule has 0 spiro atoms. The summed E-state index contributed by atoms with van der Waals surface area (Å²) < 4.78 is 0. The van der Waals surface area contributed by atoms with Crippen molar-refractivity contribution in [2.75, 3.05) is 19.6 Å². The lowest BCUT2D eigenvalue weighted by Crippen LogP contribution is -2.24. The summed E-state index contributed by atoms with van der Waals surface area (Å²) in [6, 6.07) is 0. The van der Waals surface area contributed by atoms with Crippen LogP contribution in [0.3, 0.4) is 0 Å². The summed E-state index contributed by atoms with van der Waals surface area (Å²) >= 11 is 0. The van der Waals surface area contributed by atoms with Crippen molar-refractivity contribution in [3.8, 4) is 0 Å². The maximum absolute atomic E-state index is 10.7. The first-order valence-electron chi connectivity index (χ1n) is 5.23. The van der Waals surface area contributed by atoms with Crippen molar-refractivity contribution in [3.63, 3.8) is 0 Å². The van der Waals surface area contributed by atoms with Gasteiger partial charge in [0.05, 0.1) is 0 Å². The SMILES string of the molecule is CCN1CCCC(CC(N)=O)CC1. The maximum Gasteiger partial charge on any atom is 0.217 e. The van der Waals surface area contributed by atoms with Crippen molar-refractivity contribution in [3.05, 3.63) is 0 Å². The minimum absolute atomic E-state index is 0.144. The number of nitrogens with zero attached hydrogens (tertiary/aromatic N) is 1. The molecule has 1 aliphatic rings. The standard InChI is InChI=1S/C10H20N2O/c1-2-12-6-3-4-9(5-7-12)8-10(11)13/h9H,2-8H2,1H3,(H2,11,13). The highest BCUT2D eigenvalue weighted by Crippen LogP contribution is 2.19. The summed E-state index contributed by atoms with van der Waals surface area (Å²) in [6.07, 6.45) is 4.10. The van der Waals surface area contributed by atoms with E-state index >= 15 is 0 Å². The highest BCUT2D eigenvalue weighted by Gasteiger charge is 2.17. The maximum atomic E-state index is 10.7. The predicted molar refractivity (Wildman–Crippen MR) is 53.3 cm³/mol. The molecule has 1 heterocycles. The van der Waals surface area contributed by atoms with Gasteiger partial charge in [0.1, 0.15) is 0 Å². The summed E-state index contributed by atoms with van der Waals surface area (Å²) in [6.45, 7) is 5.64. The van der Waals surface area contributed by atoms with Crippen LogP contribution in [-0.4, -0.2) is 30.4 Å². The van der Waals surface area contributed by atoms with Crippen molar-refractivity contribution in [1.29, 1.82) is 0 Å². The van der Waals surface area contributed by atoms with Crippen molar-refractivity contribution >= 4 is 5.91 Å². The van der Waals surface area contributed by atoms with Gasteiger partial charge in [-0.05, 0) is 44.8 Å². The van der Waals surface area contributed by atoms with Gasteiger partial charge in [0.2, 0.25) is 5.91 Å². The van der Waals surface area contributed by atoms with E-state index in [0.717, 1.165) is 19.5 Å². The number of amides is 1. The molecule has 0 aromatic rings. The van der Waals surface area contributed by atoms with Crippen molar-refractivity contribution in [2.45, 2.75) is 32.6 Å². The van der Waals surface area contributed by atoms with E-state index in [0.29, 0.717) is 12.3 Å². The van der Waals surface area contributed by atoms with Crippen LogP contribution in [0.4, 0.5) is 0 Å². The summed E-state index contributed by atoms with van der Waals surface area (Å²) in [5.41, 5.74) is 5.19. The molecule has 1 saturated heterocycles. The Kier molecular flexibility index (Phi) is 4.22. The van der Waals surface area contributed by atoms with E-state index in [1.54, 1.807) is 0 Å². The monoisotopic (exact) mass is 184 g/mol. The van der Waals surface area contributed by atoms with Crippen LogP contribution in [0.5, 0.6) is 0 Å². The largest absolute Gasteiger partial charge is 0.370 e. The van der Waals surface area contributed by atoms with Crippen LogP contribution in [0.2, 0.25) is 0 Å². The molecule has 0 bridgehead atoms. The number of carbonyl (C=O) groups is 1. The smallest absolute Gasteiger partial charge is 0.217 e. The number of nitrogens with two attached hydrogens (primary N) is 1. The number of rotatable bonds is 3. The van der Waals surface area contributed by atoms with E-state index in [9.17, 15) is 4.79 Å². The molecule has 0 radical (unpaired) electrons. The Labute approximate surface area is 80.3 Å². The van der Waals surface area contributed by atoms with Crippen LogP contribution in [0.25, 0.3) is 0 Å². The van der Waals surface area contributed by atoms with Crippen LogP contribution in [0, 0.1) is 5.92 Å². The predicted octanol–water partition coefficient (Wildman–Crippen LogP) is 0.984. The minimum atomic E-state index is -0.144. The topological polar surface area (TPSA) is 46.3 Å². The van der Waals surface area contributed by atoms with Gasteiger partial charge in [-0.3, -0.25) is 4.79 Å². The van der Waals surface area contributed by atoms with E-state index in [-0.39, 0.29) is 5.91 Å². The molecule has 0 aromatic carbocycles. The van der Waals surface area contributed by atoms with E-state index in [1.165, 1.54) is 19.4 Å². The number of hydrogen-bond acceptors (Lipinski definition) is 2. The lowest BCUT2D eigenvalue weighted by Gasteiger charge is -2.16. The highest BCUT2D eigenvalue weighted by molar-refractivity contribution is 5.73. The molecule has 3 nitrogen and oxygen atoms in total. The molecule has 1 rings (SSSR count). The zero-order valence-corrected chi connectivity index (χ0v) is 8.46. The highest BCUT2D eigenvalue weighted by atomic mass is 16.1. The molecular formula is C10H20N2O. The fourth-order valence-corrected chi connectivity index (χ4v) is 2.03. The Hall–Kier alpha value is -0.570. The van der Waals surface area contributed by atoms with Crippen LogP contribution in [-0.2, 0) is 4.79 Å². The molecule has 1 unspecified atom stereocenters. The van der Waals surface area contributed by atoms with Crippen molar-refractivity contribution in [2.24, 2.45) is 11.7 Å². The van der Waals surface area contributed by atoms with Crippen LogP contribution in [0.1, 0.15) is 32.6 Å². The number of carbonyl (C=O) groups excluding carboxylic acids is 1. The van der Waals surface area contributed by atoms with Crippen LogP contribution < -0.4 is 5.73 Å². The Bertz CT molecular complexity index is 170. The molecule has 1 atom stereocenters. The molecule has 1 amide bonds. The van der Waals surface area contributed by atoms with Gasteiger partial charge < -0.3 is 10.6 Å². The number of primary amides is 1. The fourth-order valence-electron chi connectivity index (χ4n) is 2.03. The van der Waals surface area contributed by atoms with Gasteiger partial charge in [0.15, 0.2) is 0 Å². The summed E-state index contributed by atoms with van der Waals surface area (Å²) in [7, 11) is 0. The third-order valence-electron chi connectivity index (χ3n) is 2.88. The normalized spacial score (nSPS) is 25.5. The van der Waals surface area contributed by atoms with Gasteiger partial charge in [-0.15, -0.1) is 0 Å². The average Bonchev–Trinajstić information content (AvgIpc) is 2.29. The Morgan fingerprint density at radius 2 is 2.23 bits per heavy atom. The van der Waals surface area contributed by atoms with Gasteiger partial charge in [-0.2, -0.15) is 0 Å². The van der Waals surface area contributed by atoms with Gasteiger partial charge in [-0.25, -0.2) is 0 Å². The molecule has 3 heteroatoms. The zero-order chi connectivity index (χ0) is 9.68. The van der Waals surface area contributed by atoms with Crippen LogP contribution >= 0.6 is 0 Å². The third kappa shape index (κ3) is 3.77. The molecule has 0 saturated carbocycles. The molecule has 1 aliphatic heterocycles. The zero-order valence-electron chi connectivity index (χ0n) is 8.46. The summed E-state index contributed by atoms with van der Waals surface area (Å²) in [5, 5.41) is 0. The molecule has 0 aromatic heterocycles. The van der Waals surface area contributed by atoms with E-state index in [4.69, 9.17) is 5.73 Å². The number of hydrogen-bond donors (Lipinski definition) is 1. The molecule has 76 valence electrons. The van der Waals surface area contributed by atoms with Gasteiger partial charge >= 0.3 is 0 Å². The quantitative estimate of drug-likeness (QED) is 0.711. The van der Waals surface area contributed by atoms with E-state index < -0.39 is 0 Å². The first-order chi connectivity index (χ1) is 6.22. The fraction of sp³-hybridized carbons (Fsp3) is 0.900. The van der Waals surface area contributed by atoms with Crippen molar-refractivity contribution in [1.82, 2.24) is 4.90 Å². The van der Waals surface area contributed by atoms with Gasteiger partial charge in [0, 0.05) is 6.42 Å². The molecule has 2 N–H and O–H groups in total. The molecule has 1 fully saturated rings. The van der Waals surface area contributed by atoms with E-state index in [2.05, 4.69) is 11.8 Å². The lowest BCUT2D eigenvalue weighted by molar-refractivity contribution is -0.119. The Morgan fingerprint density at radius 1 is 1.46 bits per heavy atom. The second-order valence-corrected chi connectivity index (χ2v) is 3.90. The Morgan fingerprint density at radius 3 is 2.85 bits per heavy atom. The van der Waals surface area contributed by atoms with E-state index in [1.807, 2.05) is 0 Å². The number of likely N-dealkylation sites (tertiary alicyclic amines) is 1. The second-order valence-electron chi connectivity index (χ2n) is 3.90. The van der Waals surface area contributed by atoms with Crippen molar-refractivity contribution < 1.29 is 4.79 Å². The Balaban J connectivity index is 2.31. The first-order valence-corrected chi connectivity index (χ1v) is 5.23. The first kappa shape index (κ1) is 10.5. The third-order valence-corrected chi connectivity index (χ3v) is 2.88. The average molecular weight is 184 g/mol. The van der Waals surface area contributed by atoms with Gasteiger partial charge in [-0.1, -0.05) is 6.92 Å². The van der Waals surface area contributed by atoms with Crippen LogP contribution in [0.15, 0.2) is 0 Å². The molecular weight excluding hydrogens is 164 g/mol. The summed E-state index contributed by atoms with van der Waals surface area (Å²) in [5.74, 6) is 0.393. The minimum Gasteiger partial charge on any atom is -0.370 e. The molecule has 13 heavy (non-hydrogen) atoms. The van der Waals surface area contributed by atoms with Gasteiger partial charge in [0.25, 0.3) is 0 Å². The molecule has 0 aliphatic carbocycles. The lowest BCUT2D eigenvalue weighted by atomic mass is 9.97.